The Kier molecular flexibility index (Phi) is 3.88. The van der Waals surface area contributed by atoms with E-state index in [4.69, 9.17) is 4.74 Å². The fraction of sp³-hybridized carbons (Fsp3) is 0.133. The lowest BCUT2D eigenvalue weighted by molar-refractivity contribution is -0.416. The van der Waals surface area contributed by atoms with Gasteiger partial charge in [0.15, 0.2) is 12.1 Å². The molecule has 98 valence electrons. The first-order chi connectivity index (χ1) is 8.77. The standard InChI is InChI=1S/C15H13NO2.ClH/c16-13-14(17)11-8-4-5-9-12(11)18-15(13)10-6-2-1-3-7-10;/h1-9,13,15H,16H2;1H/t13-,15?;/m1./s1. The average Bonchev–Trinajstić information content (AvgIpc) is 2.44. The number of quaternary nitrogens is 1. The van der Waals surface area contributed by atoms with Crippen LogP contribution < -0.4 is 22.9 Å². The number of carbonyl (C=O) groups is 1. The van der Waals surface area contributed by atoms with E-state index >= 15 is 0 Å². The third kappa shape index (κ3) is 2.35. The summed E-state index contributed by atoms with van der Waals surface area (Å²) in [6, 6.07) is 16.7. The summed E-state index contributed by atoms with van der Waals surface area (Å²) in [5, 5.41) is 0. The maximum atomic E-state index is 12.3. The molecule has 0 saturated carbocycles. The van der Waals surface area contributed by atoms with E-state index in [1.807, 2.05) is 48.5 Å². The maximum Gasteiger partial charge on any atom is 0.227 e. The van der Waals surface area contributed by atoms with Gasteiger partial charge in [-0.3, -0.25) is 4.79 Å². The van der Waals surface area contributed by atoms with Crippen molar-refractivity contribution in [3.63, 3.8) is 0 Å². The van der Waals surface area contributed by atoms with Gasteiger partial charge in [0, 0.05) is 0 Å². The summed E-state index contributed by atoms with van der Waals surface area (Å²) in [7, 11) is 0. The number of halogens is 1. The number of Topliss-reactive ketones (excluding diaryl/α,β-unsaturated/α-hetero) is 1. The Morgan fingerprint density at radius 3 is 2.32 bits per heavy atom. The number of ketones is 1. The van der Waals surface area contributed by atoms with Crippen LogP contribution in [-0.4, -0.2) is 11.8 Å². The van der Waals surface area contributed by atoms with E-state index in [9.17, 15) is 4.79 Å². The van der Waals surface area contributed by atoms with Gasteiger partial charge in [-0.05, 0) is 17.7 Å². The van der Waals surface area contributed by atoms with Gasteiger partial charge in [0.1, 0.15) is 5.75 Å². The molecule has 3 nitrogen and oxygen atoms in total. The molecule has 1 heterocycles. The first kappa shape index (κ1) is 13.6. The summed E-state index contributed by atoms with van der Waals surface area (Å²) in [5.41, 5.74) is 5.58. The molecule has 2 aromatic rings. The van der Waals surface area contributed by atoms with Gasteiger partial charge in [0.25, 0.3) is 0 Å². The van der Waals surface area contributed by atoms with E-state index in [1.165, 1.54) is 0 Å². The normalized spacial score (nSPS) is 21.0. The summed E-state index contributed by atoms with van der Waals surface area (Å²) in [4.78, 5) is 12.3. The molecule has 19 heavy (non-hydrogen) atoms. The number of para-hydroxylation sites is 1. The molecule has 0 bridgehead atoms. The second-order valence-corrected chi connectivity index (χ2v) is 4.42. The third-order valence-electron chi connectivity index (χ3n) is 3.24. The van der Waals surface area contributed by atoms with Crippen molar-refractivity contribution in [2.24, 2.45) is 0 Å². The summed E-state index contributed by atoms with van der Waals surface area (Å²) >= 11 is 0. The zero-order valence-electron chi connectivity index (χ0n) is 10.3. The Morgan fingerprint density at radius 1 is 0.947 bits per heavy atom. The van der Waals surface area contributed by atoms with E-state index < -0.39 is 6.04 Å². The van der Waals surface area contributed by atoms with Crippen molar-refractivity contribution < 1.29 is 27.7 Å². The highest BCUT2D eigenvalue weighted by Crippen LogP contribution is 2.33. The van der Waals surface area contributed by atoms with Gasteiger partial charge in [0.05, 0.1) is 5.56 Å². The van der Waals surface area contributed by atoms with Gasteiger partial charge in [-0.2, -0.15) is 0 Å². The van der Waals surface area contributed by atoms with Gasteiger partial charge in [0.2, 0.25) is 5.78 Å². The molecule has 3 N–H and O–H groups in total. The average molecular weight is 276 g/mol. The SMILES string of the molecule is [Cl-].[NH3+][C@@H]1C(=O)c2ccccc2OC1c1ccccc1. The van der Waals surface area contributed by atoms with Crippen LogP contribution in [0.5, 0.6) is 5.75 Å². The molecule has 1 unspecified atom stereocenters. The van der Waals surface area contributed by atoms with Crippen molar-refractivity contribution >= 4 is 5.78 Å². The highest BCUT2D eigenvalue weighted by Gasteiger charge is 2.38. The second-order valence-electron chi connectivity index (χ2n) is 4.42. The molecule has 0 fully saturated rings. The second kappa shape index (κ2) is 5.43. The molecule has 0 aromatic heterocycles. The van der Waals surface area contributed by atoms with Gasteiger partial charge < -0.3 is 22.9 Å². The summed E-state index contributed by atoms with van der Waals surface area (Å²) in [5.74, 6) is 0.696. The van der Waals surface area contributed by atoms with Gasteiger partial charge in [-0.15, -0.1) is 0 Å². The summed E-state index contributed by atoms with van der Waals surface area (Å²) in [6.45, 7) is 0. The molecular weight excluding hydrogens is 262 g/mol. The minimum atomic E-state index is -0.401. The van der Waals surface area contributed by atoms with Crippen LogP contribution >= 0.6 is 0 Å². The fourth-order valence-electron chi connectivity index (χ4n) is 2.27. The van der Waals surface area contributed by atoms with Crippen molar-refractivity contribution in [2.75, 3.05) is 0 Å². The Labute approximate surface area is 117 Å². The molecular formula is C15H14ClNO2. The predicted molar refractivity (Wildman–Crippen MR) is 67.3 cm³/mol. The van der Waals surface area contributed by atoms with Crippen molar-refractivity contribution in [1.82, 2.24) is 0 Å². The highest BCUT2D eigenvalue weighted by atomic mass is 35.5. The fourth-order valence-corrected chi connectivity index (χ4v) is 2.27. The van der Waals surface area contributed by atoms with Crippen molar-refractivity contribution in [1.29, 1.82) is 0 Å². The number of hydrogen-bond donors (Lipinski definition) is 1. The monoisotopic (exact) mass is 275 g/mol. The molecule has 0 aliphatic carbocycles. The number of fused-ring (bicyclic) bond motifs is 1. The van der Waals surface area contributed by atoms with Gasteiger partial charge >= 0.3 is 0 Å². The molecule has 0 radical (unpaired) electrons. The molecule has 2 atom stereocenters. The zero-order valence-corrected chi connectivity index (χ0v) is 11.0. The molecule has 0 amide bonds. The van der Waals surface area contributed by atoms with Crippen molar-refractivity contribution in [3.8, 4) is 5.75 Å². The highest BCUT2D eigenvalue weighted by molar-refractivity contribution is 6.02. The molecule has 1 aliphatic heterocycles. The third-order valence-corrected chi connectivity index (χ3v) is 3.24. The molecule has 0 spiro atoms. The Bertz CT molecular complexity index is 586. The van der Waals surface area contributed by atoms with Gasteiger partial charge in [-0.25, -0.2) is 0 Å². The molecule has 1 aliphatic rings. The molecule has 2 aromatic carbocycles. The Morgan fingerprint density at radius 2 is 1.58 bits per heavy atom. The van der Waals surface area contributed by atoms with Crippen LogP contribution in [0.15, 0.2) is 54.6 Å². The Hall–Kier alpha value is -1.84. The van der Waals surface area contributed by atoms with E-state index in [-0.39, 0.29) is 24.3 Å². The van der Waals surface area contributed by atoms with Crippen LogP contribution in [-0.2, 0) is 0 Å². The van der Waals surface area contributed by atoms with E-state index in [2.05, 4.69) is 5.73 Å². The van der Waals surface area contributed by atoms with Crippen LogP contribution in [0, 0.1) is 0 Å². The number of carbonyl (C=O) groups excluding carboxylic acids is 1. The van der Waals surface area contributed by atoms with Crippen LogP contribution in [0.25, 0.3) is 0 Å². The van der Waals surface area contributed by atoms with Gasteiger partial charge in [-0.1, -0.05) is 42.5 Å². The first-order valence-electron chi connectivity index (χ1n) is 5.95. The maximum absolute atomic E-state index is 12.3. The summed E-state index contributed by atoms with van der Waals surface area (Å²) in [6.07, 6.45) is -0.298. The molecule has 0 saturated heterocycles. The first-order valence-corrected chi connectivity index (χ1v) is 5.95. The lowest BCUT2D eigenvalue weighted by atomic mass is 9.92. The number of ether oxygens (including phenoxy) is 1. The van der Waals surface area contributed by atoms with E-state index in [0.717, 1.165) is 5.56 Å². The predicted octanol–water partition coefficient (Wildman–Crippen LogP) is -1.38. The van der Waals surface area contributed by atoms with E-state index in [1.54, 1.807) is 6.07 Å². The van der Waals surface area contributed by atoms with E-state index in [0.29, 0.717) is 11.3 Å². The van der Waals surface area contributed by atoms with Crippen LogP contribution in [0.1, 0.15) is 22.0 Å². The lowest BCUT2D eigenvalue weighted by Gasteiger charge is -2.28. The molecule has 4 heteroatoms. The number of hydrogen-bond acceptors (Lipinski definition) is 2. The minimum absolute atomic E-state index is 0. The number of benzene rings is 2. The van der Waals surface area contributed by atoms with Crippen molar-refractivity contribution in [3.05, 3.63) is 65.7 Å². The largest absolute Gasteiger partial charge is 1.00 e. The van der Waals surface area contributed by atoms with Crippen LogP contribution in [0.2, 0.25) is 0 Å². The smallest absolute Gasteiger partial charge is 0.227 e. The zero-order chi connectivity index (χ0) is 12.5. The quantitative estimate of drug-likeness (QED) is 0.697. The lowest BCUT2D eigenvalue weighted by Crippen LogP contribution is -3.00. The Balaban J connectivity index is 0.00000133. The minimum Gasteiger partial charge on any atom is -1.00 e. The topological polar surface area (TPSA) is 53.9 Å². The van der Waals surface area contributed by atoms with Crippen molar-refractivity contribution in [2.45, 2.75) is 12.1 Å². The van der Waals surface area contributed by atoms with Crippen LogP contribution in [0.4, 0.5) is 0 Å². The number of rotatable bonds is 1. The summed E-state index contributed by atoms with van der Waals surface area (Å²) < 4.78 is 5.92. The van der Waals surface area contributed by atoms with Crippen LogP contribution in [0.3, 0.4) is 0 Å². The molecule has 3 rings (SSSR count).